The van der Waals surface area contributed by atoms with Gasteiger partial charge in [0.2, 0.25) is 0 Å². The Morgan fingerprint density at radius 3 is 2.58 bits per heavy atom. The van der Waals surface area contributed by atoms with Crippen molar-refractivity contribution in [3.63, 3.8) is 0 Å². The zero-order valence-corrected chi connectivity index (χ0v) is 21.2. The first-order valence-corrected chi connectivity index (χ1v) is 11.4. The van der Waals surface area contributed by atoms with Crippen LogP contribution >= 0.6 is 44.1 Å². The van der Waals surface area contributed by atoms with Crippen molar-refractivity contribution in [2.75, 3.05) is 6.61 Å². The third kappa shape index (κ3) is 8.12. The SMILES string of the molecule is CCC(C)Oc1cccc(C(=O)NC(=S)NNC(=O)COc2c(C)cc(Br)cc2Br)c1. The average molecular weight is 573 g/mol. The number of hydrazine groups is 1. The highest BCUT2D eigenvalue weighted by molar-refractivity contribution is 9.11. The van der Waals surface area contributed by atoms with E-state index in [1.807, 2.05) is 32.9 Å². The van der Waals surface area contributed by atoms with Gasteiger partial charge in [-0.25, -0.2) is 0 Å². The third-order valence-corrected chi connectivity index (χ3v) is 5.34. The van der Waals surface area contributed by atoms with Crippen molar-refractivity contribution >= 4 is 61.0 Å². The molecule has 0 aliphatic carbocycles. The Kier molecular flexibility index (Phi) is 9.73. The lowest BCUT2D eigenvalue weighted by Gasteiger charge is -2.14. The Morgan fingerprint density at radius 2 is 1.90 bits per heavy atom. The molecule has 166 valence electrons. The molecule has 0 aliphatic rings. The first-order chi connectivity index (χ1) is 14.7. The van der Waals surface area contributed by atoms with Gasteiger partial charge >= 0.3 is 0 Å². The normalized spacial score (nSPS) is 11.3. The number of halogens is 2. The van der Waals surface area contributed by atoms with E-state index < -0.39 is 11.8 Å². The molecule has 10 heteroatoms. The van der Waals surface area contributed by atoms with Crippen molar-refractivity contribution in [3.05, 3.63) is 56.5 Å². The third-order valence-electron chi connectivity index (χ3n) is 4.09. The van der Waals surface area contributed by atoms with Crippen molar-refractivity contribution in [3.8, 4) is 11.5 Å². The lowest BCUT2D eigenvalue weighted by molar-refractivity contribution is -0.123. The van der Waals surface area contributed by atoms with Crippen LogP contribution in [0.2, 0.25) is 0 Å². The molecule has 1 unspecified atom stereocenters. The van der Waals surface area contributed by atoms with E-state index >= 15 is 0 Å². The molecule has 7 nitrogen and oxygen atoms in total. The van der Waals surface area contributed by atoms with Gasteiger partial charge in [0.05, 0.1) is 10.6 Å². The second kappa shape index (κ2) is 12.0. The van der Waals surface area contributed by atoms with Gasteiger partial charge in [0, 0.05) is 10.0 Å². The number of rotatable bonds is 7. The number of amides is 2. The Hall–Kier alpha value is -2.17. The first kappa shape index (κ1) is 25.1. The van der Waals surface area contributed by atoms with Gasteiger partial charge < -0.3 is 9.47 Å². The number of hydrogen-bond donors (Lipinski definition) is 3. The summed E-state index contributed by atoms with van der Waals surface area (Å²) in [7, 11) is 0. The van der Waals surface area contributed by atoms with Crippen LogP contribution in [0.5, 0.6) is 11.5 Å². The molecule has 0 radical (unpaired) electrons. The average Bonchev–Trinajstić information content (AvgIpc) is 2.71. The zero-order chi connectivity index (χ0) is 23.0. The number of carbonyl (C=O) groups is 2. The molecule has 0 aliphatic heterocycles. The number of nitrogens with one attached hydrogen (secondary N) is 3. The van der Waals surface area contributed by atoms with Gasteiger partial charge in [-0.05, 0) is 84.3 Å². The van der Waals surface area contributed by atoms with Crippen molar-refractivity contribution in [2.24, 2.45) is 0 Å². The Morgan fingerprint density at radius 1 is 1.16 bits per heavy atom. The Bertz CT molecular complexity index is 948. The molecular weight excluding hydrogens is 550 g/mol. The lowest BCUT2D eigenvalue weighted by atomic mass is 10.2. The number of carbonyl (C=O) groups excluding carboxylic acids is 2. The van der Waals surface area contributed by atoms with Gasteiger partial charge in [-0.3, -0.25) is 25.8 Å². The summed E-state index contributed by atoms with van der Waals surface area (Å²) in [6.45, 7) is 5.60. The maximum atomic E-state index is 12.4. The number of thiocarbonyl (C=S) groups is 1. The van der Waals surface area contributed by atoms with Gasteiger partial charge in [0.25, 0.3) is 11.8 Å². The van der Waals surface area contributed by atoms with E-state index in [0.29, 0.717) is 17.1 Å². The van der Waals surface area contributed by atoms with Crippen LogP contribution in [0, 0.1) is 6.92 Å². The van der Waals surface area contributed by atoms with Crippen molar-refractivity contribution < 1.29 is 19.1 Å². The molecular formula is C21H23Br2N3O4S. The topological polar surface area (TPSA) is 88.7 Å². The van der Waals surface area contributed by atoms with Crippen LogP contribution in [0.4, 0.5) is 0 Å². The lowest BCUT2D eigenvalue weighted by Crippen LogP contribution is -2.49. The maximum absolute atomic E-state index is 12.4. The van der Waals surface area contributed by atoms with E-state index in [1.165, 1.54) is 0 Å². The molecule has 2 aromatic carbocycles. The fraction of sp³-hybridized carbons (Fsp3) is 0.286. The van der Waals surface area contributed by atoms with Crippen LogP contribution in [-0.4, -0.2) is 29.6 Å². The van der Waals surface area contributed by atoms with Crippen molar-refractivity contribution in [2.45, 2.75) is 33.3 Å². The molecule has 0 bridgehead atoms. The van der Waals surface area contributed by atoms with E-state index in [2.05, 4.69) is 48.0 Å². The van der Waals surface area contributed by atoms with E-state index in [1.54, 1.807) is 24.3 Å². The number of benzene rings is 2. The zero-order valence-electron chi connectivity index (χ0n) is 17.3. The highest BCUT2D eigenvalue weighted by Gasteiger charge is 2.12. The molecule has 2 aromatic rings. The van der Waals surface area contributed by atoms with Crippen LogP contribution in [0.1, 0.15) is 36.2 Å². The van der Waals surface area contributed by atoms with Crippen LogP contribution in [0.15, 0.2) is 45.3 Å². The van der Waals surface area contributed by atoms with Crippen LogP contribution in [-0.2, 0) is 4.79 Å². The minimum atomic E-state index is -0.463. The summed E-state index contributed by atoms with van der Waals surface area (Å²) in [4.78, 5) is 24.4. The van der Waals surface area contributed by atoms with Gasteiger partial charge in [0.1, 0.15) is 11.5 Å². The molecule has 0 saturated carbocycles. The maximum Gasteiger partial charge on any atom is 0.276 e. The molecule has 2 amide bonds. The summed E-state index contributed by atoms with van der Waals surface area (Å²) in [5.74, 6) is 0.274. The summed E-state index contributed by atoms with van der Waals surface area (Å²) in [6.07, 6.45) is 0.895. The molecule has 1 atom stereocenters. The highest BCUT2D eigenvalue weighted by Crippen LogP contribution is 2.32. The largest absolute Gasteiger partial charge is 0.491 e. The molecule has 0 saturated heterocycles. The number of aryl methyl sites for hydroxylation is 1. The van der Waals surface area contributed by atoms with Crippen LogP contribution in [0.3, 0.4) is 0 Å². The van der Waals surface area contributed by atoms with Gasteiger partial charge in [-0.15, -0.1) is 0 Å². The summed E-state index contributed by atoms with van der Waals surface area (Å²) in [6, 6.07) is 10.5. The Balaban J connectivity index is 1.82. The fourth-order valence-electron chi connectivity index (χ4n) is 2.40. The second-order valence-electron chi connectivity index (χ2n) is 6.64. The summed E-state index contributed by atoms with van der Waals surface area (Å²) in [5.41, 5.74) is 6.12. The van der Waals surface area contributed by atoms with E-state index in [0.717, 1.165) is 20.9 Å². The second-order valence-corrected chi connectivity index (χ2v) is 8.82. The fourth-order valence-corrected chi connectivity index (χ4v) is 4.10. The number of ether oxygens (including phenoxy) is 2. The van der Waals surface area contributed by atoms with Gasteiger partial charge in [-0.1, -0.05) is 28.9 Å². The quantitative estimate of drug-likeness (QED) is 0.336. The Labute approximate surface area is 203 Å². The summed E-state index contributed by atoms with van der Waals surface area (Å²) >= 11 is 11.9. The molecule has 0 heterocycles. The molecule has 3 N–H and O–H groups in total. The number of hydrogen-bond acceptors (Lipinski definition) is 5. The minimum Gasteiger partial charge on any atom is -0.491 e. The smallest absolute Gasteiger partial charge is 0.276 e. The molecule has 2 rings (SSSR count). The van der Waals surface area contributed by atoms with Gasteiger partial charge in [-0.2, -0.15) is 0 Å². The monoisotopic (exact) mass is 571 g/mol. The molecule has 31 heavy (non-hydrogen) atoms. The van der Waals surface area contributed by atoms with Crippen molar-refractivity contribution in [1.82, 2.24) is 16.2 Å². The van der Waals surface area contributed by atoms with Crippen molar-refractivity contribution in [1.29, 1.82) is 0 Å². The van der Waals surface area contributed by atoms with Gasteiger partial charge in [0.15, 0.2) is 11.7 Å². The molecule has 0 spiro atoms. The molecule has 0 aromatic heterocycles. The summed E-state index contributed by atoms with van der Waals surface area (Å²) in [5, 5.41) is 2.45. The predicted octanol–water partition coefficient (Wildman–Crippen LogP) is 4.41. The minimum absolute atomic E-state index is 0.0420. The van der Waals surface area contributed by atoms with Crippen LogP contribution in [0.25, 0.3) is 0 Å². The van der Waals surface area contributed by atoms with E-state index in [-0.39, 0.29) is 17.8 Å². The van der Waals surface area contributed by atoms with E-state index in [4.69, 9.17) is 21.7 Å². The predicted molar refractivity (Wildman–Crippen MR) is 130 cm³/mol. The standard InChI is InChI=1S/C21H23Br2N3O4S/c1-4-13(3)30-16-7-5-6-14(9-16)20(28)24-21(31)26-25-18(27)11-29-19-12(2)8-15(22)10-17(19)23/h5-10,13H,4,11H2,1-3H3,(H,25,27)(H2,24,26,28,31). The summed E-state index contributed by atoms with van der Waals surface area (Å²) < 4.78 is 12.9. The first-order valence-electron chi connectivity index (χ1n) is 9.45. The highest BCUT2D eigenvalue weighted by atomic mass is 79.9. The van der Waals surface area contributed by atoms with E-state index in [9.17, 15) is 9.59 Å². The van der Waals surface area contributed by atoms with Crippen LogP contribution < -0.4 is 25.6 Å². The molecule has 0 fully saturated rings.